The molecule has 0 aromatic heterocycles. The molecule has 1 atom stereocenters. The molecular formula is C26H40NO5. The van der Waals surface area contributed by atoms with Crippen molar-refractivity contribution in [3.63, 3.8) is 0 Å². The average molecular weight is 447 g/mol. The Kier molecular flexibility index (Phi) is 7.83. The van der Waals surface area contributed by atoms with Gasteiger partial charge in [0.2, 0.25) is 0 Å². The van der Waals surface area contributed by atoms with Gasteiger partial charge in [-0.05, 0) is 66.9 Å². The minimum atomic E-state index is -0.876. The molecule has 179 valence electrons. The number of carbonyl (C=O) groups excluding carboxylic acids is 2. The summed E-state index contributed by atoms with van der Waals surface area (Å²) < 4.78 is 11.5. The van der Waals surface area contributed by atoms with Crippen molar-refractivity contribution in [2.45, 2.75) is 105 Å². The molecular weight excluding hydrogens is 406 g/mol. The molecule has 0 N–H and O–H groups in total. The Labute approximate surface area is 193 Å². The van der Waals surface area contributed by atoms with Crippen molar-refractivity contribution < 1.29 is 24.3 Å². The number of hydrogen-bond donors (Lipinski definition) is 0. The number of ether oxygens (including phenoxy) is 2. The van der Waals surface area contributed by atoms with Gasteiger partial charge in [-0.3, -0.25) is 9.59 Å². The smallest absolute Gasteiger partial charge is 0.312 e. The predicted molar refractivity (Wildman–Crippen MR) is 123 cm³/mol. The number of esters is 2. The van der Waals surface area contributed by atoms with Gasteiger partial charge in [0.15, 0.2) is 0 Å². The molecule has 0 bridgehead atoms. The summed E-state index contributed by atoms with van der Waals surface area (Å²) in [6, 6.07) is 9.54. The van der Waals surface area contributed by atoms with Crippen molar-refractivity contribution in [3.05, 3.63) is 35.9 Å². The van der Waals surface area contributed by atoms with Gasteiger partial charge in [0.25, 0.3) is 0 Å². The molecule has 1 heterocycles. The normalized spacial score (nSPS) is 20.9. The highest BCUT2D eigenvalue weighted by Gasteiger charge is 2.49. The summed E-state index contributed by atoms with van der Waals surface area (Å²) in [6.45, 7) is 15.1. The van der Waals surface area contributed by atoms with Crippen LogP contribution in [0.4, 0.5) is 0 Å². The highest BCUT2D eigenvalue weighted by atomic mass is 16.6. The molecule has 6 nitrogen and oxygen atoms in total. The average Bonchev–Trinajstić information content (AvgIpc) is 2.70. The lowest BCUT2D eigenvalue weighted by molar-refractivity contribution is -0.299. The summed E-state index contributed by atoms with van der Waals surface area (Å²) in [7, 11) is 0. The fraction of sp³-hybridized carbons (Fsp3) is 0.692. The summed E-state index contributed by atoms with van der Waals surface area (Å²) in [5, 5.41) is 13.7. The van der Waals surface area contributed by atoms with Crippen LogP contribution < -0.4 is 0 Å². The van der Waals surface area contributed by atoms with E-state index in [4.69, 9.17) is 9.47 Å². The third-order valence-corrected chi connectivity index (χ3v) is 6.70. The van der Waals surface area contributed by atoms with Gasteiger partial charge in [-0.1, -0.05) is 37.3 Å². The first-order chi connectivity index (χ1) is 14.6. The molecule has 0 spiro atoms. The molecule has 0 aliphatic carbocycles. The lowest BCUT2D eigenvalue weighted by Crippen LogP contribution is -2.60. The van der Waals surface area contributed by atoms with E-state index in [0.717, 1.165) is 10.6 Å². The molecule has 32 heavy (non-hydrogen) atoms. The van der Waals surface area contributed by atoms with Crippen molar-refractivity contribution in [3.8, 4) is 0 Å². The summed E-state index contributed by atoms with van der Waals surface area (Å²) in [5.74, 6) is -0.657. The Bertz CT molecular complexity index is 784. The zero-order valence-electron chi connectivity index (χ0n) is 21.0. The molecule has 1 aliphatic rings. The quantitative estimate of drug-likeness (QED) is 0.495. The van der Waals surface area contributed by atoms with E-state index in [1.165, 1.54) is 0 Å². The Morgan fingerprint density at radius 3 is 2.03 bits per heavy atom. The second kappa shape index (κ2) is 9.52. The second-order valence-electron chi connectivity index (χ2n) is 11.4. The number of hydroxylamine groups is 2. The molecule has 1 aliphatic heterocycles. The van der Waals surface area contributed by atoms with Gasteiger partial charge in [0.1, 0.15) is 12.7 Å². The van der Waals surface area contributed by atoms with E-state index in [9.17, 15) is 14.8 Å². The minimum Gasteiger partial charge on any atom is -0.462 e. The van der Waals surface area contributed by atoms with Crippen LogP contribution in [0.5, 0.6) is 0 Å². The molecule has 2 rings (SSSR count). The molecule has 1 radical (unpaired) electrons. The van der Waals surface area contributed by atoms with E-state index < -0.39 is 21.9 Å². The number of carbonyl (C=O) groups is 2. The monoisotopic (exact) mass is 446 g/mol. The Morgan fingerprint density at radius 2 is 1.53 bits per heavy atom. The molecule has 1 aromatic rings. The van der Waals surface area contributed by atoms with Crippen molar-refractivity contribution in [2.75, 3.05) is 0 Å². The van der Waals surface area contributed by atoms with Gasteiger partial charge in [0, 0.05) is 23.9 Å². The van der Waals surface area contributed by atoms with Crippen LogP contribution in [0.3, 0.4) is 0 Å². The number of rotatable bonds is 8. The standard InChI is InChI=1S/C26H40NO5/c1-9-26(8,22(29)31-17-19-13-11-10-12-14-19)18-23(2,3)21(28)32-20-15-24(4,5)27(30)25(6,7)16-20/h10-14,20H,9,15-18H2,1-8H3. The number of hydrogen-bond acceptors (Lipinski definition) is 5. The fourth-order valence-electron chi connectivity index (χ4n) is 4.85. The van der Waals surface area contributed by atoms with Crippen LogP contribution >= 0.6 is 0 Å². The second-order valence-corrected chi connectivity index (χ2v) is 11.4. The zero-order chi connectivity index (χ0) is 24.4. The van der Waals surface area contributed by atoms with E-state index >= 15 is 0 Å². The van der Waals surface area contributed by atoms with Crippen molar-refractivity contribution >= 4 is 11.9 Å². The number of benzene rings is 1. The molecule has 0 amide bonds. The highest BCUT2D eigenvalue weighted by Crippen LogP contribution is 2.42. The van der Waals surface area contributed by atoms with Crippen LogP contribution in [0.1, 0.15) is 86.6 Å². The molecule has 1 fully saturated rings. The van der Waals surface area contributed by atoms with E-state index in [1.807, 2.05) is 85.7 Å². The summed E-state index contributed by atoms with van der Waals surface area (Å²) in [5.41, 5.74) is -1.99. The maximum Gasteiger partial charge on any atom is 0.312 e. The SMILES string of the molecule is CCC(C)(CC(C)(C)C(=O)OC1CC(C)(C)N([O])C(C)(C)C1)C(=O)OCc1ccccc1. The van der Waals surface area contributed by atoms with Crippen molar-refractivity contribution in [1.82, 2.24) is 5.06 Å². The van der Waals surface area contributed by atoms with E-state index in [0.29, 0.717) is 25.7 Å². The topological polar surface area (TPSA) is 75.7 Å². The molecule has 1 unspecified atom stereocenters. The van der Waals surface area contributed by atoms with Crippen LogP contribution in [-0.4, -0.2) is 34.2 Å². The Balaban J connectivity index is 2.05. The van der Waals surface area contributed by atoms with Crippen LogP contribution in [0.25, 0.3) is 0 Å². The maximum atomic E-state index is 13.2. The van der Waals surface area contributed by atoms with Gasteiger partial charge in [-0.2, -0.15) is 0 Å². The number of nitrogens with zero attached hydrogens (tertiary/aromatic N) is 1. The van der Waals surface area contributed by atoms with Crippen LogP contribution in [0, 0.1) is 10.8 Å². The van der Waals surface area contributed by atoms with E-state index in [-0.39, 0.29) is 24.6 Å². The van der Waals surface area contributed by atoms with Crippen LogP contribution in [0.2, 0.25) is 0 Å². The fourth-order valence-corrected chi connectivity index (χ4v) is 4.85. The van der Waals surface area contributed by atoms with Gasteiger partial charge in [-0.15, -0.1) is 10.3 Å². The molecule has 0 saturated carbocycles. The third kappa shape index (κ3) is 6.10. The van der Waals surface area contributed by atoms with Crippen LogP contribution in [-0.2, 0) is 30.9 Å². The van der Waals surface area contributed by atoms with Crippen molar-refractivity contribution in [1.29, 1.82) is 0 Å². The zero-order valence-corrected chi connectivity index (χ0v) is 21.0. The Hall–Kier alpha value is -1.92. The third-order valence-electron chi connectivity index (χ3n) is 6.70. The maximum absolute atomic E-state index is 13.2. The summed E-state index contributed by atoms with van der Waals surface area (Å²) >= 11 is 0. The minimum absolute atomic E-state index is 0.206. The molecule has 1 saturated heterocycles. The largest absolute Gasteiger partial charge is 0.462 e. The Morgan fingerprint density at radius 1 is 1.00 bits per heavy atom. The number of piperidine rings is 1. The summed E-state index contributed by atoms with van der Waals surface area (Å²) in [6.07, 6.45) is 1.48. The summed E-state index contributed by atoms with van der Waals surface area (Å²) in [4.78, 5) is 26.1. The molecule has 1 aromatic carbocycles. The molecule has 6 heteroatoms. The van der Waals surface area contributed by atoms with Gasteiger partial charge >= 0.3 is 11.9 Å². The van der Waals surface area contributed by atoms with Gasteiger partial charge < -0.3 is 9.47 Å². The van der Waals surface area contributed by atoms with E-state index in [2.05, 4.69) is 0 Å². The van der Waals surface area contributed by atoms with Crippen LogP contribution in [0.15, 0.2) is 30.3 Å². The lowest BCUT2D eigenvalue weighted by atomic mass is 9.72. The first-order valence-electron chi connectivity index (χ1n) is 11.5. The predicted octanol–water partition coefficient (Wildman–Crippen LogP) is 5.47. The lowest BCUT2D eigenvalue weighted by Gasteiger charge is -2.49. The first-order valence-corrected chi connectivity index (χ1v) is 11.5. The van der Waals surface area contributed by atoms with Gasteiger partial charge in [0.05, 0.1) is 10.8 Å². The van der Waals surface area contributed by atoms with Gasteiger partial charge in [-0.25, -0.2) is 0 Å². The van der Waals surface area contributed by atoms with Crippen molar-refractivity contribution in [2.24, 2.45) is 10.8 Å². The first kappa shape index (κ1) is 26.3. The van der Waals surface area contributed by atoms with E-state index in [1.54, 1.807) is 0 Å². The highest BCUT2D eigenvalue weighted by molar-refractivity contribution is 5.80.